The molecule has 0 aromatic rings. The Morgan fingerprint density at radius 2 is 2.08 bits per heavy atom. The highest BCUT2D eigenvalue weighted by atomic mass is 16.3. The van der Waals surface area contributed by atoms with Crippen molar-refractivity contribution in [3.63, 3.8) is 0 Å². The van der Waals surface area contributed by atoms with Crippen molar-refractivity contribution < 1.29 is 5.11 Å². The molecule has 5 nitrogen and oxygen atoms in total. The van der Waals surface area contributed by atoms with Crippen molar-refractivity contribution in [1.82, 2.24) is 0 Å². The summed E-state index contributed by atoms with van der Waals surface area (Å²) in [5.74, 6) is -1.07. The van der Waals surface area contributed by atoms with Gasteiger partial charge in [-0.05, 0) is 5.92 Å². The van der Waals surface area contributed by atoms with Gasteiger partial charge in [-0.2, -0.15) is 5.11 Å². The summed E-state index contributed by atoms with van der Waals surface area (Å²) in [6.45, 7) is 3.72. The summed E-state index contributed by atoms with van der Waals surface area (Å²) in [4.78, 5) is 0. The van der Waals surface area contributed by atoms with Gasteiger partial charge in [0.15, 0.2) is 0 Å². The normalized spacial score (nSPS) is 21.2. The predicted molar refractivity (Wildman–Crippen MR) is 44.9 cm³/mol. The summed E-state index contributed by atoms with van der Waals surface area (Å²) < 4.78 is 0. The van der Waals surface area contributed by atoms with E-state index in [1.54, 1.807) is 0 Å². The topological polar surface area (TPSA) is 97.0 Å². The van der Waals surface area contributed by atoms with Crippen molar-refractivity contribution in [2.24, 2.45) is 27.6 Å². The standard InChI is InChI=1S/C7H14N4O/c1-4(2)6-5(3-12)10-11-7(6,8)9/h4,12H,3,8-9H2,1-2H3. The molecule has 12 heavy (non-hydrogen) atoms. The molecule has 5 heteroatoms. The second kappa shape index (κ2) is 2.93. The summed E-state index contributed by atoms with van der Waals surface area (Å²) in [6, 6.07) is 0. The van der Waals surface area contributed by atoms with Gasteiger partial charge in [-0.25, -0.2) is 0 Å². The number of hydrogen-bond donors (Lipinski definition) is 3. The first kappa shape index (κ1) is 9.31. The lowest BCUT2D eigenvalue weighted by Gasteiger charge is -2.20. The first-order chi connectivity index (χ1) is 5.49. The predicted octanol–water partition coefficient (Wildman–Crippen LogP) is -0.0742. The smallest absolute Gasteiger partial charge is 0.204 e. The number of hydrogen-bond acceptors (Lipinski definition) is 5. The molecular formula is C7H14N4O. The van der Waals surface area contributed by atoms with Gasteiger partial charge in [0.1, 0.15) is 0 Å². The fourth-order valence-corrected chi connectivity index (χ4v) is 1.39. The van der Waals surface area contributed by atoms with Gasteiger partial charge in [-0.1, -0.05) is 13.8 Å². The van der Waals surface area contributed by atoms with E-state index < -0.39 is 5.79 Å². The molecule has 1 aliphatic rings. The first-order valence-electron chi connectivity index (χ1n) is 3.84. The van der Waals surface area contributed by atoms with Gasteiger partial charge >= 0.3 is 0 Å². The van der Waals surface area contributed by atoms with Gasteiger partial charge in [-0.3, -0.25) is 11.5 Å². The van der Waals surface area contributed by atoms with E-state index in [9.17, 15) is 0 Å². The van der Waals surface area contributed by atoms with E-state index in [0.717, 1.165) is 0 Å². The van der Waals surface area contributed by atoms with Crippen molar-refractivity contribution in [2.75, 3.05) is 6.61 Å². The Labute approximate surface area is 71.2 Å². The lowest BCUT2D eigenvalue weighted by molar-refractivity contribution is 0.327. The van der Waals surface area contributed by atoms with E-state index in [1.165, 1.54) is 0 Å². The van der Waals surface area contributed by atoms with Gasteiger partial charge in [0.25, 0.3) is 0 Å². The highest BCUT2D eigenvalue weighted by Gasteiger charge is 2.34. The molecule has 5 N–H and O–H groups in total. The van der Waals surface area contributed by atoms with Gasteiger partial charge in [0, 0.05) is 5.57 Å². The minimum absolute atomic E-state index is 0.150. The van der Waals surface area contributed by atoms with Crippen LogP contribution in [0.15, 0.2) is 21.5 Å². The molecule has 0 spiro atoms. The van der Waals surface area contributed by atoms with Crippen molar-refractivity contribution in [3.8, 4) is 0 Å². The van der Waals surface area contributed by atoms with Crippen LogP contribution in [0.5, 0.6) is 0 Å². The average Bonchev–Trinajstić information content (AvgIpc) is 2.24. The summed E-state index contributed by atoms with van der Waals surface area (Å²) >= 11 is 0. The van der Waals surface area contributed by atoms with E-state index >= 15 is 0 Å². The number of nitrogens with zero attached hydrogens (tertiary/aromatic N) is 2. The molecule has 0 aromatic heterocycles. The SMILES string of the molecule is CC(C)C1=C(CO)N=NC1(N)N. The quantitative estimate of drug-likeness (QED) is 0.506. The van der Waals surface area contributed by atoms with Gasteiger partial charge in [0.2, 0.25) is 5.79 Å². The largest absolute Gasteiger partial charge is 0.390 e. The molecule has 0 unspecified atom stereocenters. The molecule has 0 saturated heterocycles. The molecule has 1 rings (SSSR count). The summed E-state index contributed by atoms with van der Waals surface area (Å²) in [6.07, 6.45) is 0. The van der Waals surface area contributed by atoms with Crippen LogP contribution in [-0.2, 0) is 0 Å². The van der Waals surface area contributed by atoms with Crippen molar-refractivity contribution in [1.29, 1.82) is 0 Å². The fourth-order valence-electron chi connectivity index (χ4n) is 1.39. The zero-order valence-electron chi connectivity index (χ0n) is 7.28. The van der Waals surface area contributed by atoms with Crippen molar-refractivity contribution in [2.45, 2.75) is 19.6 Å². The third-order valence-electron chi connectivity index (χ3n) is 1.81. The molecule has 0 bridgehead atoms. The maximum atomic E-state index is 8.89. The van der Waals surface area contributed by atoms with Gasteiger partial charge < -0.3 is 5.11 Å². The number of nitrogens with two attached hydrogens (primary N) is 2. The molecule has 68 valence electrons. The van der Waals surface area contributed by atoms with E-state index in [-0.39, 0.29) is 12.5 Å². The third kappa shape index (κ3) is 1.38. The number of aliphatic hydroxyl groups excluding tert-OH is 1. The van der Waals surface area contributed by atoms with Crippen LogP contribution >= 0.6 is 0 Å². The molecule has 0 fully saturated rings. The average molecular weight is 170 g/mol. The summed E-state index contributed by atoms with van der Waals surface area (Å²) in [7, 11) is 0. The molecule has 0 atom stereocenters. The van der Waals surface area contributed by atoms with E-state index in [2.05, 4.69) is 10.2 Å². The number of azo groups is 1. The van der Waals surface area contributed by atoms with E-state index in [0.29, 0.717) is 11.3 Å². The lowest BCUT2D eigenvalue weighted by Crippen LogP contribution is -2.49. The Balaban J connectivity index is 3.04. The van der Waals surface area contributed by atoms with Crippen LogP contribution in [0.25, 0.3) is 0 Å². The molecule has 1 aliphatic heterocycles. The Morgan fingerprint density at radius 3 is 2.42 bits per heavy atom. The van der Waals surface area contributed by atoms with Crippen LogP contribution in [0.2, 0.25) is 0 Å². The fraction of sp³-hybridized carbons (Fsp3) is 0.714. The molecule has 0 radical (unpaired) electrons. The van der Waals surface area contributed by atoms with Crippen molar-refractivity contribution in [3.05, 3.63) is 11.3 Å². The van der Waals surface area contributed by atoms with Crippen molar-refractivity contribution >= 4 is 0 Å². The second-order valence-corrected chi connectivity index (χ2v) is 3.20. The number of rotatable bonds is 2. The molecule has 0 amide bonds. The highest BCUT2D eigenvalue weighted by Crippen LogP contribution is 2.29. The third-order valence-corrected chi connectivity index (χ3v) is 1.81. The minimum atomic E-state index is -1.22. The van der Waals surface area contributed by atoms with Crippen LogP contribution in [0.1, 0.15) is 13.8 Å². The Kier molecular flexibility index (Phi) is 2.27. The zero-order chi connectivity index (χ0) is 9.35. The number of aliphatic hydroxyl groups is 1. The minimum Gasteiger partial charge on any atom is -0.390 e. The van der Waals surface area contributed by atoms with E-state index in [4.69, 9.17) is 16.6 Å². The Morgan fingerprint density at radius 1 is 1.50 bits per heavy atom. The first-order valence-corrected chi connectivity index (χ1v) is 3.84. The monoisotopic (exact) mass is 170 g/mol. The van der Waals surface area contributed by atoms with Crippen LogP contribution < -0.4 is 11.5 Å². The molecule has 0 aromatic carbocycles. The molecule has 1 heterocycles. The van der Waals surface area contributed by atoms with Crippen LogP contribution in [0.3, 0.4) is 0 Å². The van der Waals surface area contributed by atoms with Gasteiger partial charge in [0.05, 0.1) is 12.3 Å². The lowest BCUT2D eigenvalue weighted by atomic mass is 9.96. The van der Waals surface area contributed by atoms with E-state index in [1.807, 2.05) is 13.8 Å². The highest BCUT2D eigenvalue weighted by molar-refractivity contribution is 5.28. The zero-order valence-corrected chi connectivity index (χ0v) is 7.28. The second-order valence-electron chi connectivity index (χ2n) is 3.20. The Bertz CT molecular complexity index is 242. The van der Waals surface area contributed by atoms with Crippen LogP contribution in [0, 0.1) is 5.92 Å². The molecule has 0 aliphatic carbocycles. The molecular weight excluding hydrogens is 156 g/mol. The summed E-state index contributed by atoms with van der Waals surface area (Å²) in [5.41, 5.74) is 12.5. The summed E-state index contributed by atoms with van der Waals surface area (Å²) in [5, 5.41) is 16.3. The van der Waals surface area contributed by atoms with Gasteiger partial charge in [-0.15, -0.1) is 5.11 Å². The molecule has 0 saturated carbocycles. The van der Waals surface area contributed by atoms with Crippen LogP contribution in [-0.4, -0.2) is 17.5 Å². The maximum absolute atomic E-state index is 8.89. The maximum Gasteiger partial charge on any atom is 0.204 e. The Hall–Kier alpha value is -0.780. The van der Waals surface area contributed by atoms with Crippen LogP contribution in [0.4, 0.5) is 0 Å².